The molecular formula is C21H18FN3O4S. The largest absolute Gasteiger partial charge is 0.453 e. The first kappa shape index (κ1) is 21.0. The molecular weight excluding hydrogens is 409 g/mol. The number of aromatic nitrogens is 1. The highest BCUT2D eigenvalue weighted by Crippen LogP contribution is 2.25. The second-order valence-electron chi connectivity index (χ2n) is 6.22. The minimum Gasteiger partial charge on any atom is -0.453 e. The number of para-hydroxylation sites is 2. The van der Waals surface area contributed by atoms with Crippen LogP contribution in [-0.2, 0) is 14.8 Å². The third-order valence-corrected chi connectivity index (χ3v) is 4.32. The van der Waals surface area contributed by atoms with Crippen LogP contribution < -0.4 is 14.8 Å². The maximum absolute atomic E-state index is 14.3. The van der Waals surface area contributed by atoms with E-state index in [1.165, 1.54) is 36.5 Å². The first-order valence-corrected chi connectivity index (χ1v) is 10.6. The summed E-state index contributed by atoms with van der Waals surface area (Å²) in [6.45, 7) is 0. The Balaban J connectivity index is 1.68. The van der Waals surface area contributed by atoms with Crippen molar-refractivity contribution in [3.63, 3.8) is 0 Å². The topological polar surface area (TPSA) is 97.4 Å². The van der Waals surface area contributed by atoms with Gasteiger partial charge in [-0.15, -0.1) is 0 Å². The first-order valence-electron chi connectivity index (χ1n) is 8.73. The Kier molecular flexibility index (Phi) is 6.43. The van der Waals surface area contributed by atoms with Crippen molar-refractivity contribution in [3.05, 3.63) is 84.4 Å². The van der Waals surface area contributed by atoms with Crippen LogP contribution in [0, 0.1) is 5.82 Å². The molecule has 154 valence electrons. The van der Waals surface area contributed by atoms with Crippen LogP contribution in [0.1, 0.15) is 5.56 Å². The number of anilines is 2. The number of halogens is 1. The van der Waals surface area contributed by atoms with Crippen LogP contribution in [0.2, 0.25) is 0 Å². The molecule has 0 aliphatic rings. The number of sulfonamides is 1. The van der Waals surface area contributed by atoms with Crippen molar-refractivity contribution in [1.29, 1.82) is 0 Å². The number of hydrogen-bond donors (Lipinski definition) is 2. The van der Waals surface area contributed by atoms with Gasteiger partial charge in [0.05, 0.1) is 23.8 Å². The van der Waals surface area contributed by atoms with Gasteiger partial charge in [-0.2, -0.15) is 0 Å². The molecule has 1 amide bonds. The van der Waals surface area contributed by atoms with E-state index < -0.39 is 21.7 Å². The third kappa shape index (κ3) is 6.14. The molecule has 0 saturated carbocycles. The molecule has 0 bridgehead atoms. The zero-order valence-corrected chi connectivity index (χ0v) is 16.7. The number of carbonyl (C=O) groups is 1. The highest BCUT2D eigenvalue weighted by atomic mass is 32.2. The van der Waals surface area contributed by atoms with Crippen LogP contribution in [0.15, 0.2) is 73.1 Å². The Morgan fingerprint density at radius 1 is 1.10 bits per heavy atom. The van der Waals surface area contributed by atoms with Gasteiger partial charge in [-0.25, -0.2) is 12.8 Å². The average molecular weight is 427 g/mol. The van der Waals surface area contributed by atoms with Gasteiger partial charge >= 0.3 is 0 Å². The fourth-order valence-corrected chi connectivity index (χ4v) is 3.04. The lowest BCUT2D eigenvalue weighted by Crippen LogP contribution is -2.14. The molecule has 9 heteroatoms. The van der Waals surface area contributed by atoms with Crippen LogP contribution in [-0.4, -0.2) is 25.6 Å². The van der Waals surface area contributed by atoms with Gasteiger partial charge in [0.25, 0.3) is 0 Å². The van der Waals surface area contributed by atoms with Gasteiger partial charge in [-0.1, -0.05) is 18.2 Å². The maximum Gasteiger partial charge on any atom is 0.248 e. The predicted molar refractivity (Wildman–Crippen MR) is 113 cm³/mol. The highest BCUT2D eigenvalue weighted by Gasteiger charge is 2.09. The Morgan fingerprint density at radius 2 is 1.87 bits per heavy atom. The van der Waals surface area contributed by atoms with E-state index >= 15 is 0 Å². The standard InChI is InChI=1S/C21H18FN3O4S/c1-30(27,28)25-19-7-3-2-6-18(19)24-21(26)11-9-15-8-10-20(17(22)13-15)29-16-5-4-12-23-14-16/h2-14,25H,1H3,(H,24,26)/b11-9+. The summed E-state index contributed by atoms with van der Waals surface area (Å²) in [4.78, 5) is 16.1. The number of carbonyl (C=O) groups excluding carboxylic acids is 1. The van der Waals surface area contributed by atoms with E-state index in [1.807, 2.05) is 0 Å². The van der Waals surface area contributed by atoms with Gasteiger partial charge in [0, 0.05) is 12.3 Å². The smallest absolute Gasteiger partial charge is 0.248 e. The van der Waals surface area contributed by atoms with Gasteiger partial charge in [0.2, 0.25) is 15.9 Å². The Labute approximate surface area is 173 Å². The van der Waals surface area contributed by atoms with Crippen LogP contribution in [0.3, 0.4) is 0 Å². The fraction of sp³-hybridized carbons (Fsp3) is 0.0476. The van der Waals surface area contributed by atoms with Crippen molar-refractivity contribution >= 4 is 33.4 Å². The van der Waals surface area contributed by atoms with Crippen LogP contribution in [0.5, 0.6) is 11.5 Å². The third-order valence-electron chi connectivity index (χ3n) is 3.73. The molecule has 0 unspecified atom stereocenters. The molecule has 0 atom stereocenters. The molecule has 0 fully saturated rings. The normalized spacial score (nSPS) is 11.3. The summed E-state index contributed by atoms with van der Waals surface area (Å²) in [5, 5.41) is 2.58. The molecule has 7 nitrogen and oxygen atoms in total. The molecule has 2 N–H and O–H groups in total. The molecule has 0 aliphatic carbocycles. The molecule has 0 aliphatic heterocycles. The average Bonchev–Trinajstić information content (AvgIpc) is 2.69. The summed E-state index contributed by atoms with van der Waals surface area (Å²) >= 11 is 0. The van der Waals surface area contributed by atoms with Crippen molar-refractivity contribution in [2.75, 3.05) is 16.3 Å². The van der Waals surface area contributed by atoms with E-state index in [0.29, 0.717) is 17.0 Å². The molecule has 1 aromatic heterocycles. The maximum atomic E-state index is 14.3. The molecule has 0 radical (unpaired) electrons. The number of hydrogen-bond acceptors (Lipinski definition) is 5. The molecule has 3 rings (SSSR count). The summed E-state index contributed by atoms with van der Waals surface area (Å²) in [6.07, 6.45) is 6.71. The van der Waals surface area contributed by atoms with Crippen molar-refractivity contribution < 1.29 is 22.3 Å². The summed E-state index contributed by atoms with van der Waals surface area (Å²) in [7, 11) is -3.50. The second kappa shape index (κ2) is 9.19. The Bertz CT molecular complexity index is 1180. The van der Waals surface area contributed by atoms with Gasteiger partial charge in [-0.3, -0.25) is 14.5 Å². The zero-order valence-electron chi connectivity index (χ0n) is 15.9. The van der Waals surface area contributed by atoms with Crippen LogP contribution >= 0.6 is 0 Å². The zero-order chi connectivity index (χ0) is 21.6. The van der Waals surface area contributed by atoms with Crippen molar-refractivity contribution in [2.45, 2.75) is 0 Å². The Morgan fingerprint density at radius 3 is 2.53 bits per heavy atom. The number of nitrogens with one attached hydrogen (secondary N) is 2. The number of rotatable bonds is 7. The van der Waals surface area contributed by atoms with Gasteiger partial charge in [-0.05, 0) is 48.0 Å². The fourth-order valence-electron chi connectivity index (χ4n) is 2.47. The summed E-state index contributed by atoms with van der Waals surface area (Å²) in [5.41, 5.74) is 0.984. The molecule has 2 aromatic carbocycles. The van der Waals surface area contributed by atoms with Crippen LogP contribution in [0.25, 0.3) is 6.08 Å². The lowest BCUT2D eigenvalue weighted by molar-refractivity contribution is -0.111. The van der Waals surface area contributed by atoms with E-state index in [2.05, 4.69) is 15.0 Å². The highest BCUT2D eigenvalue weighted by molar-refractivity contribution is 7.92. The minimum atomic E-state index is -3.50. The van der Waals surface area contributed by atoms with E-state index in [9.17, 15) is 17.6 Å². The van der Waals surface area contributed by atoms with Gasteiger partial charge in [0.1, 0.15) is 5.75 Å². The summed E-state index contributed by atoms with van der Waals surface area (Å²) in [6, 6.07) is 14.0. The van der Waals surface area contributed by atoms with E-state index in [4.69, 9.17) is 4.74 Å². The summed E-state index contributed by atoms with van der Waals surface area (Å²) in [5.74, 6) is -0.663. The molecule has 3 aromatic rings. The molecule has 1 heterocycles. The number of amides is 1. The summed E-state index contributed by atoms with van der Waals surface area (Å²) < 4.78 is 44.9. The lowest BCUT2D eigenvalue weighted by atomic mass is 10.2. The van der Waals surface area contributed by atoms with Crippen molar-refractivity contribution in [2.24, 2.45) is 0 Å². The SMILES string of the molecule is CS(=O)(=O)Nc1ccccc1NC(=O)/C=C/c1ccc(Oc2cccnc2)c(F)c1. The molecule has 30 heavy (non-hydrogen) atoms. The van der Waals surface area contributed by atoms with Gasteiger partial charge < -0.3 is 10.1 Å². The number of nitrogens with zero attached hydrogens (tertiary/aromatic N) is 1. The number of pyridine rings is 1. The number of benzene rings is 2. The number of ether oxygens (including phenoxy) is 1. The predicted octanol–water partition coefficient (Wildman–Crippen LogP) is 4.04. The minimum absolute atomic E-state index is 0.0328. The second-order valence-corrected chi connectivity index (χ2v) is 7.97. The molecule has 0 saturated heterocycles. The lowest BCUT2D eigenvalue weighted by Gasteiger charge is -2.10. The van der Waals surface area contributed by atoms with E-state index in [-0.39, 0.29) is 11.4 Å². The van der Waals surface area contributed by atoms with E-state index in [0.717, 1.165) is 6.26 Å². The van der Waals surface area contributed by atoms with E-state index in [1.54, 1.807) is 42.6 Å². The monoisotopic (exact) mass is 427 g/mol. The van der Waals surface area contributed by atoms with Gasteiger partial charge in [0.15, 0.2) is 11.6 Å². The van der Waals surface area contributed by atoms with Crippen molar-refractivity contribution in [3.8, 4) is 11.5 Å². The van der Waals surface area contributed by atoms with Crippen LogP contribution in [0.4, 0.5) is 15.8 Å². The Hall–Kier alpha value is -3.72. The van der Waals surface area contributed by atoms with Crippen molar-refractivity contribution in [1.82, 2.24) is 4.98 Å². The quantitative estimate of drug-likeness (QED) is 0.555. The molecule has 0 spiro atoms. The first-order chi connectivity index (χ1) is 14.3.